The number of rotatable bonds is 4. The third-order valence-corrected chi connectivity index (χ3v) is 3.54. The maximum atomic E-state index is 12.2. The van der Waals surface area contributed by atoms with Crippen molar-refractivity contribution in [2.24, 2.45) is 0 Å². The molecule has 0 aliphatic heterocycles. The zero-order valence-corrected chi connectivity index (χ0v) is 11.4. The molecule has 1 atom stereocenters. The van der Waals surface area contributed by atoms with E-state index in [-0.39, 0.29) is 0 Å². The summed E-state index contributed by atoms with van der Waals surface area (Å²) in [5.74, 6) is 0. The van der Waals surface area contributed by atoms with Gasteiger partial charge in [-0.25, -0.2) is 0 Å². The van der Waals surface area contributed by atoms with Crippen LogP contribution in [-0.4, -0.2) is 28.0 Å². The first kappa shape index (κ1) is 15.8. The number of halogens is 3. The Balaban J connectivity index is 2.88. The monoisotopic (exact) mass is 297 g/mol. The third-order valence-electron chi connectivity index (χ3n) is 2.43. The van der Waals surface area contributed by atoms with Crippen molar-refractivity contribution >= 4 is 15.8 Å². The van der Waals surface area contributed by atoms with Crippen LogP contribution < -0.4 is 4.90 Å². The van der Waals surface area contributed by atoms with Crippen LogP contribution in [0.3, 0.4) is 0 Å². The predicted molar refractivity (Wildman–Crippen MR) is 65.2 cm³/mol. The average Bonchev–Trinajstić information content (AvgIpc) is 2.27. The number of hydrogen-bond acceptors (Lipinski definition) is 4. The van der Waals surface area contributed by atoms with Gasteiger partial charge in [-0.1, -0.05) is 12.1 Å². The molecular formula is C11H14F3NO3S. The number of benzene rings is 1. The molecule has 0 amide bonds. The molecule has 0 heterocycles. The lowest BCUT2D eigenvalue weighted by atomic mass is 10.1. The van der Waals surface area contributed by atoms with Gasteiger partial charge in [0.25, 0.3) is 0 Å². The number of anilines is 1. The summed E-state index contributed by atoms with van der Waals surface area (Å²) in [6.45, 7) is 1.24. The van der Waals surface area contributed by atoms with Gasteiger partial charge in [0.2, 0.25) is 0 Å². The molecule has 1 rings (SSSR count). The van der Waals surface area contributed by atoms with Crippen molar-refractivity contribution in [2.45, 2.75) is 18.5 Å². The van der Waals surface area contributed by atoms with Gasteiger partial charge in [-0.2, -0.15) is 21.6 Å². The van der Waals surface area contributed by atoms with Gasteiger partial charge in [0.15, 0.2) is 0 Å². The second kappa shape index (κ2) is 5.38. The van der Waals surface area contributed by atoms with E-state index in [1.165, 1.54) is 19.1 Å². The highest BCUT2D eigenvalue weighted by atomic mass is 32.2. The summed E-state index contributed by atoms with van der Waals surface area (Å²) in [6, 6.07) is 6.36. The standard InChI is InChI=1S/C11H14F3NO3S/c1-8(18-19(16,17)11(12,13)14)9-4-6-10(7-5-9)15(2)3/h4-8H,1-3H3. The Hall–Kier alpha value is -1.28. The minimum atomic E-state index is -5.58. The lowest BCUT2D eigenvalue weighted by molar-refractivity contribution is -0.0569. The van der Waals surface area contributed by atoms with Crippen LogP contribution in [0.5, 0.6) is 0 Å². The lowest BCUT2D eigenvalue weighted by Gasteiger charge is -2.17. The van der Waals surface area contributed by atoms with E-state index < -0.39 is 21.7 Å². The molecule has 0 aliphatic carbocycles. The van der Waals surface area contributed by atoms with E-state index in [1.807, 2.05) is 19.0 Å². The van der Waals surface area contributed by atoms with E-state index >= 15 is 0 Å². The maximum Gasteiger partial charge on any atom is 0.523 e. The molecule has 0 saturated heterocycles. The van der Waals surface area contributed by atoms with Gasteiger partial charge in [0.05, 0.1) is 6.10 Å². The first-order valence-electron chi connectivity index (χ1n) is 5.31. The smallest absolute Gasteiger partial charge is 0.378 e. The van der Waals surface area contributed by atoms with Crippen molar-refractivity contribution < 1.29 is 25.8 Å². The van der Waals surface area contributed by atoms with Gasteiger partial charge in [-0.3, -0.25) is 4.18 Å². The summed E-state index contributed by atoms with van der Waals surface area (Å²) in [4.78, 5) is 1.81. The molecule has 0 bridgehead atoms. The van der Waals surface area contributed by atoms with Crippen LogP contribution in [0.4, 0.5) is 18.9 Å². The zero-order valence-electron chi connectivity index (χ0n) is 10.6. The van der Waals surface area contributed by atoms with E-state index in [0.717, 1.165) is 5.69 Å². The Morgan fingerprint density at radius 2 is 1.63 bits per heavy atom. The molecule has 0 fully saturated rings. The van der Waals surface area contributed by atoms with E-state index in [4.69, 9.17) is 0 Å². The number of nitrogens with zero attached hydrogens (tertiary/aromatic N) is 1. The summed E-state index contributed by atoms with van der Waals surface area (Å²) < 4.78 is 62.3. The van der Waals surface area contributed by atoms with Gasteiger partial charge < -0.3 is 4.90 Å². The second-order valence-corrected chi connectivity index (χ2v) is 5.69. The fourth-order valence-electron chi connectivity index (χ4n) is 1.34. The molecule has 108 valence electrons. The van der Waals surface area contributed by atoms with Gasteiger partial charge in [-0.15, -0.1) is 0 Å². The first-order valence-corrected chi connectivity index (χ1v) is 6.72. The SMILES string of the molecule is CC(OS(=O)(=O)C(F)(F)F)c1ccc(N(C)C)cc1. The summed E-state index contributed by atoms with van der Waals surface area (Å²) in [6.07, 6.45) is -1.21. The van der Waals surface area contributed by atoms with Crippen molar-refractivity contribution in [1.29, 1.82) is 0 Å². The second-order valence-electron chi connectivity index (χ2n) is 4.12. The minimum absolute atomic E-state index is 0.346. The third kappa shape index (κ3) is 3.84. The van der Waals surface area contributed by atoms with Gasteiger partial charge in [0, 0.05) is 19.8 Å². The number of hydrogen-bond donors (Lipinski definition) is 0. The van der Waals surface area contributed by atoms with Gasteiger partial charge in [0.1, 0.15) is 0 Å². The fraction of sp³-hybridized carbons (Fsp3) is 0.455. The number of alkyl halides is 3. The van der Waals surface area contributed by atoms with Crippen molar-refractivity contribution in [3.63, 3.8) is 0 Å². The molecule has 0 radical (unpaired) electrons. The Morgan fingerprint density at radius 1 is 1.16 bits per heavy atom. The van der Waals surface area contributed by atoms with Crippen molar-refractivity contribution in [2.75, 3.05) is 19.0 Å². The van der Waals surface area contributed by atoms with E-state index in [9.17, 15) is 21.6 Å². The highest BCUT2D eigenvalue weighted by molar-refractivity contribution is 7.87. The van der Waals surface area contributed by atoms with E-state index in [0.29, 0.717) is 5.56 Å². The van der Waals surface area contributed by atoms with E-state index in [2.05, 4.69) is 4.18 Å². The van der Waals surface area contributed by atoms with Crippen LogP contribution in [0.15, 0.2) is 24.3 Å². The van der Waals surface area contributed by atoms with Crippen LogP contribution in [0.1, 0.15) is 18.6 Å². The minimum Gasteiger partial charge on any atom is -0.378 e. The highest BCUT2D eigenvalue weighted by Gasteiger charge is 2.48. The first-order chi connectivity index (χ1) is 8.54. The Labute approximate surface area is 109 Å². The molecule has 0 saturated carbocycles. The largest absolute Gasteiger partial charge is 0.523 e. The average molecular weight is 297 g/mol. The van der Waals surface area contributed by atoms with Crippen LogP contribution in [0.25, 0.3) is 0 Å². The van der Waals surface area contributed by atoms with Crippen LogP contribution >= 0.6 is 0 Å². The van der Waals surface area contributed by atoms with Crippen LogP contribution in [0.2, 0.25) is 0 Å². The van der Waals surface area contributed by atoms with Gasteiger partial charge in [-0.05, 0) is 24.6 Å². The maximum absolute atomic E-state index is 12.2. The molecule has 4 nitrogen and oxygen atoms in total. The van der Waals surface area contributed by atoms with Crippen LogP contribution in [0, 0.1) is 0 Å². The molecule has 0 spiro atoms. The molecule has 1 unspecified atom stereocenters. The molecule has 0 aliphatic rings. The summed E-state index contributed by atoms with van der Waals surface area (Å²) in [5.41, 5.74) is -4.22. The van der Waals surface area contributed by atoms with E-state index in [1.54, 1.807) is 12.1 Å². The van der Waals surface area contributed by atoms with Gasteiger partial charge >= 0.3 is 15.6 Å². The quantitative estimate of drug-likeness (QED) is 0.633. The zero-order chi connectivity index (χ0) is 14.8. The van der Waals surface area contributed by atoms with Crippen molar-refractivity contribution in [1.82, 2.24) is 0 Å². The molecule has 1 aromatic rings. The van der Waals surface area contributed by atoms with Crippen molar-refractivity contribution in [3.05, 3.63) is 29.8 Å². The Morgan fingerprint density at radius 3 is 2.00 bits per heavy atom. The molecule has 19 heavy (non-hydrogen) atoms. The molecular weight excluding hydrogens is 283 g/mol. The molecule has 0 N–H and O–H groups in total. The molecule has 8 heteroatoms. The van der Waals surface area contributed by atoms with Crippen LogP contribution in [-0.2, 0) is 14.3 Å². The molecule has 0 aromatic heterocycles. The predicted octanol–water partition coefficient (Wildman–Crippen LogP) is 2.68. The Bertz CT molecular complexity index is 523. The summed E-state index contributed by atoms with van der Waals surface area (Å²) in [7, 11) is -1.96. The van der Waals surface area contributed by atoms with Crippen molar-refractivity contribution in [3.8, 4) is 0 Å². The molecule has 1 aromatic carbocycles. The topological polar surface area (TPSA) is 46.6 Å². The Kier molecular flexibility index (Phi) is 4.46. The highest BCUT2D eigenvalue weighted by Crippen LogP contribution is 2.30. The summed E-state index contributed by atoms with van der Waals surface area (Å²) in [5, 5.41) is 0. The summed E-state index contributed by atoms with van der Waals surface area (Å²) >= 11 is 0. The lowest BCUT2D eigenvalue weighted by Crippen LogP contribution is -2.26. The normalized spacial score (nSPS) is 14.2. The fourth-order valence-corrected chi connectivity index (χ4v) is 1.94.